The highest BCUT2D eigenvalue weighted by Crippen LogP contribution is 2.10. The van der Waals surface area contributed by atoms with Gasteiger partial charge in [-0.15, -0.1) is 0 Å². The van der Waals surface area contributed by atoms with E-state index in [2.05, 4.69) is 12.2 Å². The average molecular weight is 269 g/mol. The molecular weight excluding hydrogens is 246 g/mol. The van der Waals surface area contributed by atoms with Crippen molar-refractivity contribution in [1.82, 2.24) is 5.32 Å². The zero-order valence-electron chi connectivity index (χ0n) is 11.2. The van der Waals surface area contributed by atoms with Crippen LogP contribution in [0, 0.1) is 6.92 Å². The lowest BCUT2D eigenvalue weighted by atomic mass is 10.1. The van der Waals surface area contributed by atoms with E-state index < -0.39 is 16.9 Å². The largest absolute Gasteiger partial charge is 0.391 e. The van der Waals surface area contributed by atoms with Crippen LogP contribution < -0.4 is 5.32 Å². The Kier molecular flexibility index (Phi) is 7.16. The molecule has 2 N–H and O–H groups in total. The second-order valence-electron chi connectivity index (χ2n) is 4.54. The summed E-state index contributed by atoms with van der Waals surface area (Å²) in [6.45, 7) is 5.51. The van der Waals surface area contributed by atoms with Crippen molar-refractivity contribution in [2.24, 2.45) is 0 Å². The summed E-state index contributed by atoms with van der Waals surface area (Å²) in [6.07, 6.45) is 0.514. The highest BCUT2D eigenvalue weighted by Gasteiger charge is 2.10. The Labute approximate surface area is 112 Å². The molecule has 0 aliphatic carbocycles. The first kappa shape index (κ1) is 15.3. The van der Waals surface area contributed by atoms with Gasteiger partial charge < -0.3 is 10.4 Å². The lowest BCUT2D eigenvalue weighted by molar-refractivity contribution is 0.195. The summed E-state index contributed by atoms with van der Waals surface area (Å²) in [7, 11) is -1.01. The molecule has 0 radical (unpaired) electrons. The van der Waals surface area contributed by atoms with Crippen LogP contribution in [0.5, 0.6) is 0 Å². The lowest BCUT2D eigenvalue weighted by Crippen LogP contribution is -2.31. The van der Waals surface area contributed by atoms with Crippen molar-refractivity contribution in [1.29, 1.82) is 0 Å². The molecule has 0 bridgehead atoms. The van der Waals surface area contributed by atoms with Gasteiger partial charge in [0, 0.05) is 23.1 Å². The summed E-state index contributed by atoms with van der Waals surface area (Å²) in [5.41, 5.74) is 2.26. The molecule has 2 unspecified atom stereocenters. The van der Waals surface area contributed by atoms with E-state index in [0.29, 0.717) is 18.1 Å². The summed E-state index contributed by atoms with van der Waals surface area (Å²) in [5, 5.41) is 12.9. The van der Waals surface area contributed by atoms with Gasteiger partial charge in [-0.2, -0.15) is 0 Å². The van der Waals surface area contributed by atoms with Gasteiger partial charge in [-0.05, 0) is 31.0 Å². The van der Waals surface area contributed by atoms with Crippen molar-refractivity contribution in [2.45, 2.75) is 32.1 Å². The fraction of sp³-hybridized carbons (Fsp3) is 0.571. The van der Waals surface area contributed by atoms with Crippen LogP contribution in [-0.4, -0.2) is 34.3 Å². The fourth-order valence-corrected chi connectivity index (χ4v) is 3.06. The molecule has 1 aromatic carbocycles. The van der Waals surface area contributed by atoms with Crippen molar-refractivity contribution < 1.29 is 9.32 Å². The standard InChI is InChI=1S/C14H23NO2S/c1-3-8-15-9-14(16)11-18(17)10-13-7-5-4-6-12(13)2/h4-7,14-16H,3,8-11H2,1-2H3. The van der Waals surface area contributed by atoms with E-state index in [9.17, 15) is 9.32 Å². The molecule has 0 saturated heterocycles. The zero-order chi connectivity index (χ0) is 13.4. The maximum Gasteiger partial charge on any atom is 0.0779 e. The number of rotatable bonds is 8. The minimum Gasteiger partial charge on any atom is -0.391 e. The van der Waals surface area contributed by atoms with Gasteiger partial charge >= 0.3 is 0 Å². The molecule has 4 heteroatoms. The molecule has 1 rings (SSSR count). The topological polar surface area (TPSA) is 49.3 Å². The van der Waals surface area contributed by atoms with Gasteiger partial charge in [-0.1, -0.05) is 31.2 Å². The van der Waals surface area contributed by atoms with Gasteiger partial charge in [-0.25, -0.2) is 0 Å². The maximum absolute atomic E-state index is 11.9. The quantitative estimate of drug-likeness (QED) is 0.705. The normalized spacial score (nSPS) is 14.4. The van der Waals surface area contributed by atoms with E-state index in [0.717, 1.165) is 24.1 Å². The third-order valence-electron chi connectivity index (χ3n) is 2.76. The number of hydrogen-bond donors (Lipinski definition) is 2. The first-order valence-corrected chi connectivity index (χ1v) is 7.90. The SMILES string of the molecule is CCCNCC(O)CS(=O)Cc1ccccc1C. The molecule has 1 aromatic rings. The van der Waals surface area contributed by atoms with Gasteiger partial charge in [0.05, 0.1) is 11.9 Å². The van der Waals surface area contributed by atoms with Gasteiger partial charge in [0.15, 0.2) is 0 Å². The monoisotopic (exact) mass is 269 g/mol. The van der Waals surface area contributed by atoms with E-state index in [4.69, 9.17) is 0 Å². The molecule has 18 heavy (non-hydrogen) atoms. The van der Waals surface area contributed by atoms with E-state index in [1.807, 2.05) is 31.2 Å². The molecule has 0 aliphatic rings. The van der Waals surface area contributed by atoms with Crippen LogP contribution in [0.4, 0.5) is 0 Å². The van der Waals surface area contributed by atoms with Gasteiger partial charge in [-0.3, -0.25) is 4.21 Å². The predicted molar refractivity (Wildman–Crippen MR) is 77.1 cm³/mol. The van der Waals surface area contributed by atoms with Crippen LogP contribution in [0.3, 0.4) is 0 Å². The Balaban J connectivity index is 2.35. The van der Waals surface area contributed by atoms with Crippen LogP contribution in [0.25, 0.3) is 0 Å². The van der Waals surface area contributed by atoms with Crippen molar-refractivity contribution >= 4 is 10.8 Å². The van der Waals surface area contributed by atoms with E-state index in [1.165, 1.54) is 0 Å². The molecule has 2 atom stereocenters. The zero-order valence-corrected chi connectivity index (χ0v) is 12.0. The fourth-order valence-electron chi connectivity index (χ4n) is 1.72. The van der Waals surface area contributed by atoms with E-state index in [-0.39, 0.29) is 0 Å². The Morgan fingerprint density at radius 2 is 2.11 bits per heavy atom. The molecule has 102 valence electrons. The van der Waals surface area contributed by atoms with Crippen LogP contribution in [0.15, 0.2) is 24.3 Å². The maximum atomic E-state index is 11.9. The van der Waals surface area contributed by atoms with E-state index >= 15 is 0 Å². The number of aryl methyl sites for hydroxylation is 1. The number of nitrogens with one attached hydrogen (secondary N) is 1. The molecule has 0 spiro atoms. The second kappa shape index (κ2) is 8.40. The van der Waals surface area contributed by atoms with Crippen LogP contribution in [0.1, 0.15) is 24.5 Å². The Hall–Kier alpha value is -0.710. The lowest BCUT2D eigenvalue weighted by Gasteiger charge is -2.12. The van der Waals surface area contributed by atoms with Crippen molar-refractivity contribution in [3.05, 3.63) is 35.4 Å². The summed E-state index contributed by atoms with van der Waals surface area (Å²) in [6, 6.07) is 7.95. The highest BCUT2D eigenvalue weighted by molar-refractivity contribution is 7.84. The molecule has 3 nitrogen and oxygen atoms in total. The van der Waals surface area contributed by atoms with Crippen LogP contribution >= 0.6 is 0 Å². The molecule has 0 fully saturated rings. The third kappa shape index (κ3) is 5.76. The third-order valence-corrected chi connectivity index (χ3v) is 4.15. The minimum atomic E-state index is -1.01. The molecule has 0 aliphatic heterocycles. The smallest absolute Gasteiger partial charge is 0.0779 e. The Bertz CT molecular complexity index is 382. The number of aliphatic hydroxyl groups is 1. The van der Waals surface area contributed by atoms with E-state index in [1.54, 1.807) is 0 Å². The predicted octanol–water partition coefficient (Wildman–Crippen LogP) is 1.60. The van der Waals surface area contributed by atoms with Gasteiger partial charge in [0.1, 0.15) is 0 Å². The molecule has 0 heterocycles. The second-order valence-corrected chi connectivity index (χ2v) is 6.04. The molecule has 0 saturated carbocycles. The highest BCUT2D eigenvalue weighted by atomic mass is 32.2. The Morgan fingerprint density at radius 3 is 2.78 bits per heavy atom. The summed E-state index contributed by atoms with van der Waals surface area (Å²) >= 11 is 0. The average Bonchev–Trinajstić information content (AvgIpc) is 2.32. The number of benzene rings is 1. The first-order valence-electron chi connectivity index (χ1n) is 6.41. The number of aliphatic hydroxyl groups excluding tert-OH is 1. The molecule has 0 aromatic heterocycles. The molecular formula is C14H23NO2S. The summed E-state index contributed by atoms with van der Waals surface area (Å²) < 4.78 is 11.9. The number of hydrogen-bond acceptors (Lipinski definition) is 3. The van der Waals surface area contributed by atoms with Crippen molar-refractivity contribution in [2.75, 3.05) is 18.8 Å². The van der Waals surface area contributed by atoms with Gasteiger partial charge in [0.2, 0.25) is 0 Å². The summed E-state index contributed by atoms with van der Waals surface area (Å²) in [5.74, 6) is 0.864. The first-order chi connectivity index (χ1) is 8.63. The Morgan fingerprint density at radius 1 is 1.39 bits per heavy atom. The van der Waals surface area contributed by atoms with Crippen LogP contribution in [0.2, 0.25) is 0 Å². The minimum absolute atomic E-state index is 0.338. The van der Waals surface area contributed by atoms with Crippen LogP contribution in [-0.2, 0) is 16.6 Å². The van der Waals surface area contributed by atoms with Crippen molar-refractivity contribution in [3.63, 3.8) is 0 Å². The molecule has 0 amide bonds. The van der Waals surface area contributed by atoms with Gasteiger partial charge in [0.25, 0.3) is 0 Å². The summed E-state index contributed by atoms with van der Waals surface area (Å²) in [4.78, 5) is 0. The van der Waals surface area contributed by atoms with Crippen molar-refractivity contribution in [3.8, 4) is 0 Å².